The second kappa shape index (κ2) is 4.06. The van der Waals surface area contributed by atoms with Gasteiger partial charge in [-0.15, -0.1) is 0 Å². The molecule has 9 heavy (non-hydrogen) atoms. The number of hydrogen-bond acceptors (Lipinski definition) is 2. The smallest absolute Gasteiger partial charge is 0.258 e. The van der Waals surface area contributed by atoms with Gasteiger partial charge < -0.3 is 5.73 Å². The van der Waals surface area contributed by atoms with Gasteiger partial charge in [-0.1, -0.05) is 0 Å². The molecule has 0 unspecified atom stereocenters. The van der Waals surface area contributed by atoms with E-state index in [1.165, 1.54) is 0 Å². The average Bonchev–Trinajstić information content (AvgIpc) is 1.64. The van der Waals surface area contributed by atoms with E-state index in [9.17, 15) is 8.78 Å². The molecule has 56 valence electrons. The third-order valence-corrected chi connectivity index (χ3v) is 1.58. The molecule has 2 N–H and O–H groups in total. The Labute approximate surface area is 58.0 Å². The van der Waals surface area contributed by atoms with Crippen LogP contribution in [0.3, 0.4) is 0 Å². The lowest BCUT2D eigenvalue weighted by molar-refractivity contribution is 0.0211. The standard InChI is InChI=1S/C5H11F2NS/c1-9-4-5(6,7)2-3-8/h2-4,8H2,1H3. The van der Waals surface area contributed by atoms with Crippen LogP contribution in [0.5, 0.6) is 0 Å². The highest BCUT2D eigenvalue weighted by Crippen LogP contribution is 2.21. The molecular formula is C5H11F2NS. The summed E-state index contributed by atoms with van der Waals surface area (Å²) < 4.78 is 24.6. The molecule has 0 saturated carbocycles. The Hall–Kier alpha value is 0.170. The minimum atomic E-state index is -2.56. The van der Waals surface area contributed by atoms with Crippen molar-refractivity contribution in [3.63, 3.8) is 0 Å². The molecule has 0 heterocycles. The third-order valence-electron chi connectivity index (χ3n) is 0.866. The van der Waals surface area contributed by atoms with E-state index in [-0.39, 0.29) is 18.7 Å². The molecule has 0 atom stereocenters. The van der Waals surface area contributed by atoms with Crippen LogP contribution in [0.1, 0.15) is 6.42 Å². The predicted molar refractivity (Wildman–Crippen MR) is 37.0 cm³/mol. The van der Waals surface area contributed by atoms with E-state index in [4.69, 9.17) is 5.73 Å². The van der Waals surface area contributed by atoms with Gasteiger partial charge in [0.25, 0.3) is 5.92 Å². The van der Waals surface area contributed by atoms with E-state index >= 15 is 0 Å². The van der Waals surface area contributed by atoms with Crippen molar-refractivity contribution >= 4 is 11.8 Å². The Morgan fingerprint density at radius 1 is 1.56 bits per heavy atom. The number of alkyl halides is 2. The van der Waals surface area contributed by atoms with Crippen molar-refractivity contribution in [1.29, 1.82) is 0 Å². The van der Waals surface area contributed by atoms with Crippen LogP contribution in [-0.2, 0) is 0 Å². The van der Waals surface area contributed by atoms with Gasteiger partial charge in [0, 0.05) is 6.42 Å². The van der Waals surface area contributed by atoms with Crippen molar-refractivity contribution < 1.29 is 8.78 Å². The van der Waals surface area contributed by atoms with Crippen LogP contribution in [0.2, 0.25) is 0 Å². The van der Waals surface area contributed by atoms with Gasteiger partial charge in [0.15, 0.2) is 0 Å². The molecule has 0 aliphatic carbocycles. The van der Waals surface area contributed by atoms with E-state index in [0.717, 1.165) is 11.8 Å². The lowest BCUT2D eigenvalue weighted by Gasteiger charge is -2.12. The van der Waals surface area contributed by atoms with Crippen LogP contribution in [0.15, 0.2) is 0 Å². The zero-order valence-electron chi connectivity index (χ0n) is 5.36. The van der Waals surface area contributed by atoms with Crippen LogP contribution < -0.4 is 5.73 Å². The Bertz CT molecular complexity index is 69.4. The van der Waals surface area contributed by atoms with Gasteiger partial charge in [0.05, 0.1) is 5.75 Å². The van der Waals surface area contributed by atoms with Gasteiger partial charge in [-0.2, -0.15) is 11.8 Å². The van der Waals surface area contributed by atoms with Gasteiger partial charge in [0.1, 0.15) is 0 Å². The molecule has 0 fully saturated rings. The normalized spacial score (nSPS) is 12.0. The minimum Gasteiger partial charge on any atom is -0.330 e. The second-order valence-corrected chi connectivity index (χ2v) is 2.69. The Kier molecular flexibility index (Phi) is 4.14. The molecule has 0 aliphatic heterocycles. The van der Waals surface area contributed by atoms with Gasteiger partial charge in [0.2, 0.25) is 0 Å². The zero-order valence-corrected chi connectivity index (χ0v) is 6.18. The van der Waals surface area contributed by atoms with Crippen molar-refractivity contribution in [2.45, 2.75) is 12.3 Å². The highest BCUT2D eigenvalue weighted by Gasteiger charge is 2.26. The summed E-state index contributed by atoms with van der Waals surface area (Å²) in [5.74, 6) is -2.68. The molecule has 0 aromatic rings. The fourth-order valence-corrected chi connectivity index (χ4v) is 1.06. The van der Waals surface area contributed by atoms with Crippen LogP contribution in [-0.4, -0.2) is 24.5 Å². The molecule has 0 bridgehead atoms. The van der Waals surface area contributed by atoms with Crippen molar-refractivity contribution in [3.8, 4) is 0 Å². The number of thioether (sulfide) groups is 1. The van der Waals surface area contributed by atoms with Gasteiger partial charge in [-0.3, -0.25) is 0 Å². The largest absolute Gasteiger partial charge is 0.330 e. The van der Waals surface area contributed by atoms with E-state index in [0.29, 0.717) is 0 Å². The molecule has 0 amide bonds. The van der Waals surface area contributed by atoms with Crippen molar-refractivity contribution in [1.82, 2.24) is 0 Å². The first-order valence-electron chi connectivity index (χ1n) is 2.69. The van der Waals surface area contributed by atoms with Crippen molar-refractivity contribution in [3.05, 3.63) is 0 Å². The summed E-state index contributed by atoms with van der Waals surface area (Å²) in [4.78, 5) is 0. The maximum absolute atomic E-state index is 12.3. The van der Waals surface area contributed by atoms with Crippen LogP contribution >= 0.6 is 11.8 Å². The number of rotatable bonds is 4. The summed E-state index contributed by atoms with van der Waals surface area (Å²) in [6.45, 7) is 0.0631. The van der Waals surface area contributed by atoms with E-state index in [2.05, 4.69) is 0 Å². The molecule has 0 aromatic carbocycles. The Balaban J connectivity index is 3.43. The molecule has 0 saturated heterocycles. The molecule has 0 rings (SSSR count). The van der Waals surface area contributed by atoms with Crippen molar-refractivity contribution in [2.75, 3.05) is 18.6 Å². The van der Waals surface area contributed by atoms with Gasteiger partial charge >= 0.3 is 0 Å². The molecule has 0 aliphatic rings. The van der Waals surface area contributed by atoms with Crippen LogP contribution in [0.4, 0.5) is 8.78 Å². The predicted octanol–water partition coefficient (Wildman–Crippen LogP) is 1.33. The summed E-state index contributed by atoms with van der Waals surface area (Å²) in [5, 5.41) is 0. The molecule has 0 aromatic heterocycles. The minimum absolute atomic E-state index is 0.0631. The second-order valence-electron chi connectivity index (χ2n) is 1.83. The fourth-order valence-electron chi connectivity index (χ4n) is 0.495. The highest BCUT2D eigenvalue weighted by molar-refractivity contribution is 7.98. The summed E-state index contributed by atoms with van der Waals surface area (Å²) in [7, 11) is 0. The molecule has 0 radical (unpaired) electrons. The SMILES string of the molecule is CSCC(F)(F)CCN. The maximum Gasteiger partial charge on any atom is 0.258 e. The van der Waals surface area contributed by atoms with E-state index < -0.39 is 5.92 Å². The van der Waals surface area contributed by atoms with Crippen molar-refractivity contribution in [2.24, 2.45) is 5.73 Å². The van der Waals surface area contributed by atoms with E-state index in [1.807, 2.05) is 0 Å². The lowest BCUT2D eigenvalue weighted by Crippen LogP contribution is -2.23. The summed E-state index contributed by atoms with van der Waals surface area (Å²) in [6.07, 6.45) is 1.46. The number of nitrogens with two attached hydrogens (primary N) is 1. The quantitative estimate of drug-likeness (QED) is 0.663. The lowest BCUT2D eigenvalue weighted by atomic mass is 10.3. The van der Waals surface area contributed by atoms with Crippen LogP contribution in [0, 0.1) is 0 Å². The molecular weight excluding hydrogens is 144 g/mol. The Morgan fingerprint density at radius 3 is 2.44 bits per heavy atom. The van der Waals surface area contributed by atoms with Gasteiger partial charge in [-0.05, 0) is 12.8 Å². The zero-order chi connectivity index (χ0) is 7.33. The summed E-state index contributed by atoms with van der Waals surface area (Å²) in [6, 6.07) is 0. The first-order valence-corrected chi connectivity index (χ1v) is 4.08. The van der Waals surface area contributed by atoms with E-state index in [1.54, 1.807) is 6.26 Å². The molecule has 4 heteroatoms. The maximum atomic E-state index is 12.3. The van der Waals surface area contributed by atoms with Gasteiger partial charge in [-0.25, -0.2) is 8.78 Å². The fraction of sp³-hybridized carbons (Fsp3) is 1.00. The first kappa shape index (κ1) is 9.17. The average molecular weight is 155 g/mol. The monoisotopic (exact) mass is 155 g/mol. The number of hydrogen-bond donors (Lipinski definition) is 1. The molecule has 1 nitrogen and oxygen atoms in total. The molecule has 0 spiro atoms. The topological polar surface area (TPSA) is 26.0 Å². The number of halogens is 2. The Morgan fingerprint density at radius 2 is 2.11 bits per heavy atom. The highest BCUT2D eigenvalue weighted by atomic mass is 32.2. The van der Waals surface area contributed by atoms with Crippen LogP contribution in [0.25, 0.3) is 0 Å². The summed E-state index contributed by atoms with van der Waals surface area (Å²) >= 11 is 1.14. The summed E-state index contributed by atoms with van der Waals surface area (Å²) in [5.41, 5.74) is 4.96. The first-order chi connectivity index (χ1) is 4.12. The third kappa shape index (κ3) is 4.66.